The van der Waals surface area contributed by atoms with Gasteiger partial charge in [0.25, 0.3) is 5.91 Å². The van der Waals surface area contributed by atoms with Gasteiger partial charge in [-0.25, -0.2) is 8.42 Å². The highest BCUT2D eigenvalue weighted by Gasteiger charge is 2.35. The molecule has 4 rings (SSSR count). The zero-order valence-electron chi connectivity index (χ0n) is 18.7. The molecule has 2 aliphatic heterocycles. The Balaban J connectivity index is 1.41. The van der Waals surface area contributed by atoms with Gasteiger partial charge in [0.2, 0.25) is 10.0 Å². The van der Waals surface area contributed by atoms with Crippen molar-refractivity contribution in [1.29, 1.82) is 0 Å². The first-order chi connectivity index (χ1) is 15.3. The molecule has 1 amide bonds. The van der Waals surface area contributed by atoms with Gasteiger partial charge in [0.05, 0.1) is 18.5 Å². The fourth-order valence-electron chi connectivity index (χ4n) is 4.33. The van der Waals surface area contributed by atoms with E-state index in [0.717, 1.165) is 37.0 Å². The Morgan fingerprint density at radius 1 is 1.09 bits per heavy atom. The summed E-state index contributed by atoms with van der Waals surface area (Å²) >= 11 is 0. The Morgan fingerprint density at radius 2 is 1.84 bits per heavy atom. The van der Waals surface area contributed by atoms with Crippen LogP contribution < -0.4 is 14.4 Å². The first kappa shape index (κ1) is 22.6. The molecule has 1 atom stereocenters. The number of likely N-dealkylation sites (tertiary alicyclic amines) is 1. The van der Waals surface area contributed by atoms with E-state index in [9.17, 15) is 13.2 Å². The standard InChI is InChI=1S/C24H31N3O4S/c1-18-9-10-21-22(13-18)31-23(17-27(21)32(2,29)30)24(28)25-15-19-7-6-8-20(14-19)16-26-11-4-3-5-12-26/h6-10,13-14,23H,3-5,11-12,15-17H2,1-2H3,(H,25,28). The second-order valence-corrected chi connectivity index (χ2v) is 10.7. The zero-order valence-corrected chi connectivity index (χ0v) is 19.5. The van der Waals surface area contributed by atoms with Crippen molar-refractivity contribution in [2.75, 3.05) is 30.2 Å². The summed E-state index contributed by atoms with van der Waals surface area (Å²) in [7, 11) is -3.54. The van der Waals surface area contributed by atoms with Gasteiger partial charge in [0, 0.05) is 13.1 Å². The molecule has 0 bridgehead atoms. The maximum atomic E-state index is 12.9. The Hall–Kier alpha value is -2.58. The molecule has 2 aromatic carbocycles. The number of aryl methyl sites for hydroxylation is 1. The second kappa shape index (κ2) is 9.50. The zero-order chi connectivity index (χ0) is 22.7. The van der Waals surface area contributed by atoms with Gasteiger partial charge in [-0.05, 0) is 61.7 Å². The highest BCUT2D eigenvalue weighted by atomic mass is 32.2. The number of carbonyl (C=O) groups excluding carboxylic acids is 1. The fourth-order valence-corrected chi connectivity index (χ4v) is 5.24. The summed E-state index contributed by atoms with van der Waals surface area (Å²) in [4.78, 5) is 15.3. The summed E-state index contributed by atoms with van der Waals surface area (Å²) in [5.41, 5.74) is 3.65. The number of nitrogens with one attached hydrogen (secondary N) is 1. The molecule has 2 heterocycles. The molecule has 1 unspecified atom stereocenters. The van der Waals surface area contributed by atoms with Crippen LogP contribution in [0.2, 0.25) is 0 Å². The van der Waals surface area contributed by atoms with Crippen molar-refractivity contribution >= 4 is 21.6 Å². The number of ether oxygens (including phenoxy) is 1. The Labute approximate surface area is 190 Å². The summed E-state index contributed by atoms with van der Waals surface area (Å²) in [6.07, 6.45) is 4.06. The maximum Gasteiger partial charge on any atom is 0.263 e. The molecule has 0 aliphatic carbocycles. The van der Waals surface area contributed by atoms with E-state index >= 15 is 0 Å². The number of nitrogens with zero attached hydrogens (tertiary/aromatic N) is 2. The molecule has 32 heavy (non-hydrogen) atoms. The van der Waals surface area contributed by atoms with Crippen LogP contribution in [0.3, 0.4) is 0 Å². The molecular formula is C24H31N3O4S. The quantitative estimate of drug-likeness (QED) is 0.722. The number of hydrogen-bond acceptors (Lipinski definition) is 5. The van der Waals surface area contributed by atoms with Crippen molar-refractivity contribution in [3.8, 4) is 5.75 Å². The predicted octanol–water partition coefficient (Wildman–Crippen LogP) is 2.82. The number of carbonyl (C=O) groups is 1. The van der Waals surface area contributed by atoms with Crippen molar-refractivity contribution < 1.29 is 17.9 Å². The number of hydrogen-bond donors (Lipinski definition) is 1. The molecule has 0 spiro atoms. The molecule has 1 saturated heterocycles. The lowest BCUT2D eigenvalue weighted by molar-refractivity contribution is -0.127. The lowest BCUT2D eigenvalue weighted by atomic mass is 10.1. The first-order valence-corrected chi connectivity index (χ1v) is 13.0. The van der Waals surface area contributed by atoms with Crippen molar-refractivity contribution in [1.82, 2.24) is 10.2 Å². The second-order valence-electron chi connectivity index (χ2n) is 8.75. The van der Waals surface area contributed by atoms with Crippen LogP contribution in [-0.4, -0.2) is 51.2 Å². The number of sulfonamides is 1. The SMILES string of the molecule is Cc1ccc2c(c1)OC(C(=O)NCc1cccc(CN3CCCCC3)c1)CN2S(C)(=O)=O. The van der Waals surface area contributed by atoms with Gasteiger partial charge in [-0.15, -0.1) is 0 Å². The Bertz CT molecular complexity index is 1080. The Kier molecular flexibility index (Phi) is 6.71. The van der Waals surface area contributed by atoms with Crippen molar-refractivity contribution in [2.24, 2.45) is 0 Å². The van der Waals surface area contributed by atoms with Gasteiger partial charge in [0.1, 0.15) is 5.75 Å². The van der Waals surface area contributed by atoms with E-state index < -0.39 is 16.1 Å². The van der Waals surface area contributed by atoms with Crippen LogP contribution in [0, 0.1) is 6.92 Å². The number of piperidine rings is 1. The number of benzene rings is 2. The molecule has 1 N–H and O–H groups in total. The van der Waals surface area contributed by atoms with Gasteiger partial charge in [0.15, 0.2) is 6.10 Å². The van der Waals surface area contributed by atoms with Crippen LogP contribution in [0.25, 0.3) is 0 Å². The fraction of sp³-hybridized carbons (Fsp3) is 0.458. The third-order valence-electron chi connectivity index (χ3n) is 5.99. The highest BCUT2D eigenvalue weighted by molar-refractivity contribution is 7.92. The van der Waals surface area contributed by atoms with E-state index in [-0.39, 0.29) is 12.5 Å². The summed E-state index contributed by atoms with van der Waals surface area (Å²) in [5.74, 6) is 0.0811. The van der Waals surface area contributed by atoms with E-state index in [1.807, 2.05) is 25.1 Å². The molecule has 8 heteroatoms. The average molecular weight is 458 g/mol. The maximum absolute atomic E-state index is 12.9. The van der Waals surface area contributed by atoms with Crippen LogP contribution in [0.5, 0.6) is 5.75 Å². The number of fused-ring (bicyclic) bond motifs is 1. The molecule has 0 radical (unpaired) electrons. The van der Waals surface area contributed by atoms with E-state index in [4.69, 9.17) is 4.74 Å². The Morgan fingerprint density at radius 3 is 2.59 bits per heavy atom. The minimum atomic E-state index is -3.54. The van der Waals surface area contributed by atoms with Gasteiger partial charge in [-0.1, -0.05) is 36.8 Å². The molecule has 172 valence electrons. The van der Waals surface area contributed by atoms with Crippen LogP contribution in [0.1, 0.15) is 36.0 Å². The van der Waals surface area contributed by atoms with E-state index in [1.54, 1.807) is 12.1 Å². The van der Waals surface area contributed by atoms with Crippen molar-refractivity contribution in [3.63, 3.8) is 0 Å². The van der Waals surface area contributed by atoms with E-state index in [2.05, 4.69) is 22.3 Å². The van der Waals surface area contributed by atoms with Crippen LogP contribution >= 0.6 is 0 Å². The van der Waals surface area contributed by atoms with Crippen molar-refractivity contribution in [3.05, 3.63) is 59.2 Å². The first-order valence-electron chi connectivity index (χ1n) is 11.1. The van der Waals surface area contributed by atoms with Crippen LogP contribution in [-0.2, 0) is 27.9 Å². The van der Waals surface area contributed by atoms with Crippen molar-refractivity contribution in [2.45, 2.75) is 45.4 Å². The lowest BCUT2D eigenvalue weighted by Crippen LogP contribution is -2.50. The summed E-state index contributed by atoms with van der Waals surface area (Å²) < 4.78 is 31.8. The molecule has 7 nitrogen and oxygen atoms in total. The van der Waals surface area contributed by atoms with E-state index in [0.29, 0.717) is 18.0 Å². The van der Waals surface area contributed by atoms with Gasteiger partial charge in [-0.2, -0.15) is 0 Å². The summed E-state index contributed by atoms with van der Waals surface area (Å²) in [5, 5.41) is 2.92. The minimum absolute atomic E-state index is 0.0459. The largest absolute Gasteiger partial charge is 0.476 e. The van der Waals surface area contributed by atoms with Crippen LogP contribution in [0.15, 0.2) is 42.5 Å². The highest BCUT2D eigenvalue weighted by Crippen LogP contribution is 2.35. The third kappa shape index (κ3) is 5.42. The molecular weight excluding hydrogens is 426 g/mol. The number of rotatable bonds is 6. The van der Waals surface area contributed by atoms with Crippen LogP contribution in [0.4, 0.5) is 5.69 Å². The third-order valence-corrected chi connectivity index (χ3v) is 7.14. The molecule has 0 aromatic heterocycles. The molecule has 2 aromatic rings. The topological polar surface area (TPSA) is 79.0 Å². The molecule has 0 saturated carbocycles. The predicted molar refractivity (Wildman–Crippen MR) is 125 cm³/mol. The average Bonchev–Trinajstić information content (AvgIpc) is 2.77. The monoisotopic (exact) mass is 457 g/mol. The number of amides is 1. The molecule has 2 aliphatic rings. The normalized spacial score (nSPS) is 19.2. The lowest BCUT2D eigenvalue weighted by Gasteiger charge is -2.34. The smallest absolute Gasteiger partial charge is 0.263 e. The van der Waals surface area contributed by atoms with Gasteiger partial charge in [-0.3, -0.25) is 14.0 Å². The van der Waals surface area contributed by atoms with Gasteiger partial charge >= 0.3 is 0 Å². The summed E-state index contributed by atoms with van der Waals surface area (Å²) in [6.45, 7) is 5.42. The molecule has 1 fully saturated rings. The summed E-state index contributed by atoms with van der Waals surface area (Å²) in [6, 6.07) is 13.6. The number of anilines is 1. The van der Waals surface area contributed by atoms with E-state index in [1.165, 1.54) is 29.1 Å². The minimum Gasteiger partial charge on any atom is -0.476 e. The van der Waals surface area contributed by atoms with Gasteiger partial charge < -0.3 is 10.1 Å².